The second-order valence-corrected chi connectivity index (χ2v) is 5.63. The molecule has 90 valence electrons. The molecule has 3 nitrogen and oxygen atoms in total. The molecular formula is C12H21N3S. The summed E-state index contributed by atoms with van der Waals surface area (Å²) in [5.41, 5.74) is 1.20. The van der Waals surface area contributed by atoms with Gasteiger partial charge in [-0.2, -0.15) is 0 Å². The van der Waals surface area contributed by atoms with Gasteiger partial charge in [-0.1, -0.05) is 13.8 Å². The Kier molecular flexibility index (Phi) is 3.82. The fraction of sp³-hybridized carbons (Fsp3) is 0.750. The van der Waals surface area contributed by atoms with Crippen molar-refractivity contribution < 1.29 is 0 Å². The fourth-order valence-corrected chi connectivity index (χ4v) is 3.12. The van der Waals surface area contributed by atoms with E-state index in [-0.39, 0.29) is 0 Å². The second kappa shape index (κ2) is 5.15. The Balaban J connectivity index is 1.93. The number of rotatable bonds is 3. The quantitative estimate of drug-likeness (QED) is 0.878. The van der Waals surface area contributed by atoms with E-state index in [0.717, 1.165) is 11.6 Å². The van der Waals surface area contributed by atoms with Gasteiger partial charge in [-0.05, 0) is 32.4 Å². The van der Waals surface area contributed by atoms with Crippen LogP contribution in [0.1, 0.15) is 26.0 Å². The van der Waals surface area contributed by atoms with Crippen molar-refractivity contribution >= 4 is 16.5 Å². The number of nitrogens with zero attached hydrogens (tertiary/aromatic N) is 2. The van der Waals surface area contributed by atoms with Gasteiger partial charge in [0.15, 0.2) is 5.13 Å². The number of hydrogen-bond acceptors (Lipinski definition) is 4. The highest BCUT2D eigenvalue weighted by molar-refractivity contribution is 7.13. The molecule has 1 aromatic heterocycles. The van der Waals surface area contributed by atoms with Crippen molar-refractivity contribution in [2.24, 2.45) is 5.92 Å². The first-order chi connectivity index (χ1) is 7.69. The Morgan fingerprint density at radius 2 is 2.44 bits per heavy atom. The molecule has 0 radical (unpaired) electrons. The van der Waals surface area contributed by atoms with E-state index in [4.69, 9.17) is 0 Å². The third-order valence-corrected chi connectivity index (χ3v) is 4.15. The van der Waals surface area contributed by atoms with E-state index in [1.54, 1.807) is 11.3 Å². The van der Waals surface area contributed by atoms with Gasteiger partial charge in [0.2, 0.25) is 0 Å². The van der Waals surface area contributed by atoms with Crippen LogP contribution >= 0.6 is 11.3 Å². The van der Waals surface area contributed by atoms with Gasteiger partial charge in [0.1, 0.15) is 0 Å². The number of nitrogens with one attached hydrogen (secondary N) is 1. The molecule has 0 aliphatic carbocycles. The van der Waals surface area contributed by atoms with Gasteiger partial charge in [-0.3, -0.25) is 0 Å². The van der Waals surface area contributed by atoms with Crippen molar-refractivity contribution in [1.82, 2.24) is 9.88 Å². The minimum Gasteiger partial charge on any atom is -0.358 e. The maximum absolute atomic E-state index is 4.57. The Labute approximate surface area is 102 Å². The minimum absolute atomic E-state index is 0.590. The topological polar surface area (TPSA) is 28.2 Å². The molecule has 4 heteroatoms. The summed E-state index contributed by atoms with van der Waals surface area (Å²) in [6, 6.07) is 0.590. The standard InChI is InChI=1S/C12H21N3S/c1-4-10-8-16-12(13-10)14-11-5-6-15(3)7-9(11)2/h8-9,11H,4-7H2,1-3H3,(H,13,14). The van der Waals surface area contributed by atoms with E-state index in [0.29, 0.717) is 12.0 Å². The summed E-state index contributed by atoms with van der Waals surface area (Å²) < 4.78 is 0. The molecule has 0 amide bonds. The van der Waals surface area contributed by atoms with Crippen LogP contribution in [0.15, 0.2) is 5.38 Å². The van der Waals surface area contributed by atoms with Crippen molar-refractivity contribution in [3.05, 3.63) is 11.1 Å². The van der Waals surface area contributed by atoms with Crippen LogP contribution in [0.5, 0.6) is 0 Å². The largest absolute Gasteiger partial charge is 0.358 e. The van der Waals surface area contributed by atoms with Gasteiger partial charge < -0.3 is 10.2 Å². The molecule has 0 spiro atoms. The number of piperidine rings is 1. The first-order valence-electron chi connectivity index (χ1n) is 6.08. The molecule has 2 rings (SSSR count). The van der Waals surface area contributed by atoms with E-state index in [2.05, 4.69) is 41.5 Å². The van der Waals surface area contributed by atoms with Crippen molar-refractivity contribution in [2.45, 2.75) is 32.7 Å². The van der Waals surface area contributed by atoms with Crippen molar-refractivity contribution in [1.29, 1.82) is 0 Å². The van der Waals surface area contributed by atoms with E-state index in [1.807, 2.05) is 0 Å². The Morgan fingerprint density at radius 1 is 1.62 bits per heavy atom. The van der Waals surface area contributed by atoms with Gasteiger partial charge in [-0.15, -0.1) is 11.3 Å². The van der Waals surface area contributed by atoms with Crippen LogP contribution in [0.25, 0.3) is 0 Å². The molecule has 2 atom stereocenters. The summed E-state index contributed by atoms with van der Waals surface area (Å²) in [7, 11) is 2.20. The molecule has 1 aromatic rings. The first kappa shape index (κ1) is 11.9. The molecule has 1 aliphatic heterocycles. The molecule has 1 N–H and O–H groups in total. The number of aromatic nitrogens is 1. The van der Waals surface area contributed by atoms with Crippen LogP contribution in [0.4, 0.5) is 5.13 Å². The van der Waals surface area contributed by atoms with Crippen LogP contribution in [0.2, 0.25) is 0 Å². The fourth-order valence-electron chi connectivity index (χ4n) is 2.26. The third-order valence-electron chi connectivity index (χ3n) is 3.33. The number of anilines is 1. The molecule has 0 aromatic carbocycles. The molecular weight excluding hydrogens is 218 g/mol. The van der Waals surface area contributed by atoms with Crippen molar-refractivity contribution in [3.63, 3.8) is 0 Å². The van der Waals surface area contributed by atoms with Gasteiger partial charge >= 0.3 is 0 Å². The summed E-state index contributed by atoms with van der Waals surface area (Å²) >= 11 is 1.73. The van der Waals surface area contributed by atoms with Crippen LogP contribution in [0.3, 0.4) is 0 Å². The van der Waals surface area contributed by atoms with Crippen LogP contribution in [-0.4, -0.2) is 36.1 Å². The number of hydrogen-bond donors (Lipinski definition) is 1. The molecule has 1 aliphatic rings. The molecule has 1 fully saturated rings. The monoisotopic (exact) mass is 239 g/mol. The molecule has 0 saturated carbocycles. The van der Waals surface area contributed by atoms with Gasteiger partial charge in [0, 0.05) is 18.0 Å². The Bertz CT molecular complexity index is 337. The predicted molar refractivity (Wildman–Crippen MR) is 70.2 cm³/mol. The summed E-state index contributed by atoms with van der Waals surface area (Å²) in [5, 5.41) is 6.84. The highest BCUT2D eigenvalue weighted by Gasteiger charge is 2.24. The summed E-state index contributed by atoms with van der Waals surface area (Å²) in [4.78, 5) is 6.98. The predicted octanol–water partition coefficient (Wildman–Crippen LogP) is 2.46. The molecule has 16 heavy (non-hydrogen) atoms. The summed E-state index contributed by atoms with van der Waals surface area (Å²) in [5.74, 6) is 0.702. The van der Waals surface area contributed by atoms with Crippen LogP contribution in [0, 0.1) is 5.92 Å². The van der Waals surface area contributed by atoms with Crippen LogP contribution in [-0.2, 0) is 6.42 Å². The van der Waals surface area contributed by atoms with Gasteiger partial charge in [0.25, 0.3) is 0 Å². The van der Waals surface area contributed by atoms with Crippen molar-refractivity contribution in [3.8, 4) is 0 Å². The van der Waals surface area contributed by atoms with Gasteiger partial charge in [0.05, 0.1) is 5.69 Å². The highest BCUT2D eigenvalue weighted by atomic mass is 32.1. The molecule has 2 unspecified atom stereocenters. The Hall–Kier alpha value is -0.610. The minimum atomic E-state index is 0.590. The average molecular weight is 239 g/mol. The summed E-state index contributed by atoms with van der Waals surface area (Å²) in [6.07, 6.45) is 2.25. The lowest BCUT2D eigenvalue weighted by atomic mass is 9.94. The first-order valence-corrected chi connectivity index (χ1v) is 6.96. The second-order valence-electron chi connectivity index (χ2n) is 4.78. The maximum atomic E-state index is 4.57. The van der Waals surface area contributed by atoms with Crippen molar-refractivity contribution in [2.75, 3.05) is 25.5 Å². The third kappa shape index (κ3) is 2.74. The average Bonchev–Trinajstić information content (AvgIpc) is 2.70. The Morgan fingerprint density at radius 3 is 3.06 bits per heavy atom. The molecule has 2 heterocycles. The maximum Gasteiger partial charge on any atom is 0.183 e. The van der Waals surface area contributed by atoms with E-state index >= 15 is 0 Å². The SMILES string of the molecule is CCc1csc(NC2CCN(C)CC2C)n1. The molecule has 1 saturated heterocycles. The number of thiazole rings is 1. The highest BCUT2D eigenvalue weighted by Crippen LogP contribution is 2.23. The van der Waals surface area contributed by atoms with Crippen LogP contribution < -0.4 is 5.32 Å². The zero-order valence-corrected chi connectivity index (χ0v) is 11.2. The lowest BCUT2D eigenvalue weighted by molar-refractivity contribution is 0.206. The zero-order chi connectivity index (χ0) is 11.5. The van der Waals surface area contributed by atoms with E-state index < -0.39 is 0 Å². The number of likely N-dealkylation sites (tertiary alicyclic amines) is 1. The van der Waals surface area contributed by atoms with Gasteiger partial charge in [-0.25, -0.2) is 4.98 Å². The normalized spacial score (nSPS) is 26.9. The van der Waals surface area contributed by atoms with E-state index in [1.165, 1.54) is 25.2 Å². The summed E-state index contributed by atoms with van der Waals surface area (Å²) in [6.45, 7) is 6.84. The van der Waals surface area contributed by atoms with E-state index in [9.17, 15) is 0 Å². The zero-order valence-electron chi connectivity index (χ0n) is 10.4. The molecule has 0 bridgehead atoms. The number of aryl methyl sites for hydroxylation is 1. The lowest BCUT2D eigenvalue weighted by Gasteiger charge is -2.35. The lowest BCUT2D eigenvalue weighted by Crippen LogP contribution is -2.43. The smallest absolute Gasteiger partial charge is 0.183 e.